The van der Waals surface area contributed by atoms with Gasteiger partial charge in [0.25, 0.3) is 0 Å². The van der Waals surface area contributed by atoms with Gasteiger partial charge in [-0.1, -0.05) is 6.42 Å². The summed E-state index contributed by atoms with van der Waals surface area (Å²) in [4.78, 5) is 14.5. The minimum atomic E-state index is 0.131. The lowest BCUT2D eigenvalue weighted by Gasteiger charge is -2.30. The maximum absolute atomic E-state index is 12.3. The highest BCUT2D eigenvalue weighted by Gasteiger charge is 2.42. The van der Waals surface area contributed by atoms with Gasteiger partial charge in [0.2, 0.25) is 5.91 Å². The average molecular weight is 250 g/mol. The fraction of sp³-hybridized carbons (Fsp3) is 0.933. The Balaban J connectivity index is 1.54. The van der Waals surface area contributed by atoms with Gasteiger partial charge in [-0.25, -0.2) is 0 Å². The van der Waals surface area contributed by atoms with Crippen molar-refractivity contribution in [3.05, 3.63) is 0 Å². The number of carbonyl (C=O) groups excluding carboxylic acids is 1. The third-order valence-electron chi connectivity index (χ3n) is 5.63. The molecular weight excluding hydrogens is 224 g/mol. The van der Waals surface area contributed by atoms with E-state index in [-0.39, 0.29) is 11.9 Å². The summed E-state index contributed by atoms with van der Waals surface area (Å²) in [6.07, 6.45) is 7.82. The number of carbonyl (C=O) groups is 1. The van der Waals surface area contributed by atoms with Crippen molar-refractivity contribution in [1.82, 2.24) is 10.2 Å². The van der Waals surface area contributed by atoms with Crippen LogP contribution in [0, 0.1) is 17.8 Å². The van der Waals surface area contributed by atoms with Gasteiger partial charge in [0, 0.05) is 6.04 Å². The number of hydrogen-bond donors (Lipinski definition) is 1. The second kappa shape index (κ2) is 4.84. The van der Waals surface area contributed by atoms with E-state index in [1.54, 1.807) is 0 Å². The molecule has 5 atom stereocenters. The van der Waals surface area contributed by atoms with E-state index < -0.39 is 0 Å². The summed E-state index contributed by atoms with van der Waals surface area (Å²) in [5.41, 5.74) is 0. The second-order valence-corrected chi connectivity index (χ2v) is 6.77. The Labute approximate surface area is 110 Å². The average Bonchev–Trinajstić information content (AvgIpc) is 3.03. The lowest BCUT2D eigenvalue weighted by Crippen LogP contribution is -2.47. The summed E-state index contributed by atoms with van der Waals surface area (Å²) in [6.45, 7) is 3.29. The zero-order chi connectivity index (χ0) is 12.7. The summed E-state index contributed by atoms with van der Waals surface area (Å²) in [5.74, 6) is 2.88. The predicted molar refractivity (Wildman–Crippen MR) is 72.2 cm³/mol. The van der Waals surface area contributed by atoms with E-state index in [1.165, 1.54) is 25.7 Å². The van der Waals surface area contributed by atoms with Gasteiger partial charge in [-0.05, 0) is 70.4 Å². The second-order valence-electron chi connectivity index (χ2n) is 6.77. The molecule has 1 amide bonds. The SMILES string of the molecule is CC(NC(=O)C1CCCN1C)C1CC2CCC1C2. The number of nitrogens with zero attached hydrogens (tertiary/aromatic N) is 1. The summed E-state index contributed by atoms with van der Waals surface area (Å²) in [7, 11) is 2.07. The maximum Gasteiger partial charge on any atom is 0.237 e. The number of fused-ring (bicyclic) bond motifs is 2. The molecule has 0 spiro atoms. The quantitative estimate of drug-likeness (QED) is 0.831. The van der Waals surface area contributed by atoms with E-state index in [0.29, 0.717) is 6.04 Å². The third-order valence-corrected chi connectivity index (χ3v) is 5.63. The van der Waals surface area contributed by atoms with Crippen molar-refractivity contribution in [1.29, 1.82) is 0 Å². The highest BCUT2D eigenvalue weighted by atomic mass is 16.2. The Morgan fingerprint density at radius 3 is 2.67 bits per heavy atom. The summed E-state index contributed by atoms with van der Waals surface area (Å²) in [5, 5.41) is 3.30. The van der Waals surface area contributed by atoms with Crippen LogP contribution < -0.4 is 5.32 Å². The number of likely N-dealkylation sites (tertiary alicyclic amines) is 1. The molecule has 3 heteroatoms. The zero-order valence-corrected chi connectivity index (χ0v) is 11.7. The third kappa shape index (κ3) is 2.18. The van der Waals surface area contributed by atoms with Crippen molar-refractivity contribution in [3.63, 3.8) is 0 Å². The lowest BCUT2D eigenvalue weighted by atomic mass is 9.84. The van der Waals surface area contributed by atoms with Gasteiger partial charge in [0.15, 0.2) is 0 Å². The molecule has 1 aliphatic heterocycles. The van der Waals surface area contributed by atoms with Crippen LogP contribution in [0.1, 0.15) is 45.4 Å². The van der Waals surface area contributed by atoms with Crippen molar-refractivity contribution >= 4 is 5.91 Å². The van der Waals surface area contributed by atoms with Crippen molar-refractivity contribution in [3.8, 4) is 0 Å². The number of rotatable bonds is 3. The lowest BCUT2D eigenvalue weighted by molar-refractivity contribution is -0.126. The zero-order valence-electron chi connectivity index (χ0n) is 11.7. The van der Waals surface area contributed by atoms with E-state index in [9.17, 15) is 4.79 Å². The van der Waals surface area contributed by atoms with Crippen molar-refractivity contribution in [2.24, 2.45) is 17.8 Å². The first-order chi connectivity index (χ1) is 8.65. The van der Waals surface area contributed by atoms with Gasteiger partial charge >= 0.3 is 0 Å². The van der Waals surface area contributed by atoms with Crippen LogP contribution in [0.15, 0.2) is 0 Å². The largest absolute Gasteiger partial charge is 0.352 e. The Morgan fingerprint density at radius 2 is 2.11 bits per heavy atom. The van der Waals surface area contributed by atoms with Crippen molar-refractivity contribution < 1.29 is 4.79 Å². The molecule has 2 aliphatic carbocycles. The minimum Gasteiger partial charge on any atom is -0.352 e. The van der Waals surface area contributed by atoms with E-state index in [4.69, 9.17) is 0 Å². The van der Waals surface area contributed by atoms with Crippen molar-refractivity contribution in [2.75, 3.05) is 13.6 Å². The first kappa shape index (κ1) is 12.5. The molecule has 2 saturated carbocycles. The maximum atomic E-state index is 12.3. The summed E-state index contributed by atoms with van der Waals surface area (Å²) in [6, 6.07) is 0.507. The fourth-order valence-electron chi connectivity index (χ4n) is 4.58. The first-order valence-corrected chi connectivity index (χ1v) is 7.65. The molecule has 3 aliphatic rings. The van der Waals surface area contributed by atoms with Gasteiger partial charge in [0.1, 0.15) is 0 Å². The Morgan fingerprint density at radius 1 is 1.28 bits per heavy atom. The molecule has 0 aromatic carbocycles. The first-order valence-electron chi connectivity index (χ1n) is 7.65. The Kier molecular flexibility index (Phi) is 3.35. The Bertz CT molecular complexity index is 330. The topological polar surface area (TPSA) is 32.3 Å². The normalized spacial score (nSPS) is 41.2. The molecule has 0 aromatic heterocycles. The molecule has 1 saturated heterocycles. The van der Waals surface area contributed by atoms with Gasteiger partial charge < -0.3 is 5.32 Å². The highest BCUT2D eigenvalue weighted by molar-refractivity contribution is 5.82. The molecule has 1 N–H and O–H groups in total. The van der Waals surface area contributed by atoms with Crippen molar-refractivity contribution in [2.45, 2.75) is 57.5 Å². The summed E-state index contributed by atoms with van der Waals surface area (Å²) < 4.78 is 0. The molecule has 1 heterocycles. The molecule has 5 unspecified atom stereocenters. The molecule has 2 bridgehead atoms. The van der Waals surface area contributed by atoms with Gasteiger partial charge in [-0.3, -0.25) is 9.69 Å². The van der Waals surface area contributed by atoms with Crippen LogP contribution >= 0.6 is 0 Å². The number of nitrogens with one attached hydrogen (secondary N) is 1. The van der Waals surface area contributed by atoms with Gasteiger partial charge in [-0.2, -0.15) is 0 Å². The van der Waals surface area contributed by atoms with Crippen LogP contribution in [0.2, 0.25) is 0 Å². The number of hydrogen-bond acceptors (Lipinski definition) is 2. The highest BCUT2D eigenvalue weighted by Crippen LogP contribution is 2.49. The Hall–Kier alpha value is -0.570. The smallest absolute Gasteiger partial charge is 0.237 e. The van der Waals surface area contributed by atoms with E-state index in [1.807, 2.05) is 0 Å². The molecule has 0 aromatic rings. The van der Waals surface area contributed by atoms with Gasteiger partial charge in [0.05, 0.1) is 6.04 Å². The molecule has 3 fully saturated rings. The van der Waals surface area contributed by atoms with Crippen LogP contribution in [0.3, 0.4) is 0 Å². The van der Waals surface area contributed by atoms with E-state index in [0.717, 1.165) is 37.1 Å². The molecule has 102 valence electrons. The number of likely N-dealkylation sites (N-methyl/N-ethyl adjacent to an activating group) is 1. The number of amides is 1. The monoisotopic (exact) mass is 250 g/mol. The van der Waals surface area contributed by atoms with Crippen LogP contribution in [0.5, 0.6) is 0 Å². The molecular formula is C15H26N2O. The predicted octanol–water partition coefficient (Wildman–Crippen LogP) is 2.02. The molecule has 0 radical (unpaired) electrons. The van der Waals surface area contributed by atoms with Crippen LogP contribution in [-0.4, -0.2) is 36.5 Å². The summed E-state index contributed by atoms with van der Waals surface area (Å²) >= 11 is 0. The van der Waals surface area contributed by atoms with Crippen LogP contribution in [0.4, 0.5) is 0 Å². The minimum absolute atomic E-state index is 0.131. The van der Waals surface area contributed by atoms with E-state index >= 15 is 0 Å². The fourth-order valence-corrected chi connectivity index (χ4v) is 4.58. The van der Waals surface area contributed by atoms with Gasteiger partial charge in [-0.15, -0.1) is 0 Å². The van der Waals surface area contributed by atoms with Crippen LogP contribution in [0.25, 0.3) is 0 Å². The molecule has 18 heavy (non-hydrogen) atoms. The molecule has 3 rings (SSSR count). The molecule has 3 nitrogen and oxygen atoms in total. The standard InChI is InChI=1S/C15H26N2O/c1-10(13-9-11-5-6-12(13)8-11)16-15(18)14-4-3-7-17(14)2/h10-14H,3-9H2,1-2H3,(H,16,18). The van der Waals surface area contributed by atoms with Crippen LogP contribution in [-0.2, 0) is 4.79 Å². The van der Waals surface area contributed by atoms with E-state index in [2.05, 4.69) is 24.2 Å².